The number of Topliss-reactive ketones (excluding diaryl/α,β-unsaturated/α-hetero) is 1. The summed E-state index contributed by atoms with van der Waals surface area (Å²) in [5.74, 6) is 2.88. The molecule has 2 aliphatic rings. The van der Waals surface area contributed by atoms with Gasteiger partial charge in [0.2, 0.25) is 0 Å². The van der Waals surface area contributed by atoms with Gasteiger partial charge in [0, 0.05) is 12.3 Å². The van der Waals surface area contributed by atoms with E-state index in [0.717, 1.165) is 24.7 Å². The normalized spacial score (nSPS) is 35.5. The Hall–Kier alpha value is -0.330. The molecule has 2 unspecified atom stereocenters. The van der Waals surface area contributed by atoms with Crippen LogP contribution in [0.25, 0.3) is 0 Å². The van der Waals surface area contributed by atoms with E-state index in [-0.39, 0.29) is 0 Å². The summed E-state index contributed by atoms with van der Waals surface area (Å²) >= 11 is 0. The number of hydrogen-bond donors (Lipinski definition) is 0. The van der Waals surface area contributed by atoms with E-state index in [0.29, 0.717) is 17.1 Å². The molecule has 0 aromatic heterocycles. The molecular weight excluding hydrogens is 172 g/mol. The molecule has 0 spiro atoms. The zero-order valence-corrected chi connectivity index (χ0v) is 9.68. The molecule has 0 N–H and O–H groups in total. The molecular formula is C13H22O. The van der Waals surface area contributed by atoms with Crippen molar-refractivity contribution in [2.45, 2.75) is 52.9 Å². The Bertz CT molecular complexity index is 226. The molecule has 0 bridgehead atoms. The second kappa shape index (κ2) is 3.36. The van der Waals surface area contributed by atoms with Gasteiger partial charge in [0.25, 0.3) is 0 Å². The minimum atomic E-state index is 0.317. The van der Waals surface area contributed by atoms with Crippen LogP contribution in [0.5, 0.6) is 0 Å². The summed E-state index contributed by atoms with van der Waals surface area (Å²) in [6.45, 7) is 6.64. The molecule has 2 fully saturated rings. The Morgan fingerprint density at radius 2 is 1.71 bits per heavy atom. The van der Waals surface area contributed by atoms with Crippen LogP contribution >= 0.6 is 0 Å². The van der Waals surface area contributed by atoms with Gasteiger partial charge in [0.05, 0.1) is 0 Å². The first-order valence-electron chi connectivity index (χ1n) is 5.98. The fourth-order valence-electron chi connectivity index (χ4n) is 2.68. The van der Waals surface area contributed by atoms with Gasteiger partial charge < -0.3 is 0 Å². The molecule has 0 aliphatic heterocycles. The van der Waals surface area contributed by atoms with Gasteiger partial charge in [-0.1, -0.05) is 20.8 Å². The van der Waals surface area contributed by atoms with Crippen LogP contribution in [0.2, 0.25) is 0 Å². The zero-order chi connectivity index (χ0) is 10.3. The molecule has 2 aliphatic carbocycles. The highest BCUT2D eigenvalue weighted by atomic mass is 16.1. The fourth-order valence-corrected chi connectivity index (χ4v) is 2.68. The maximum absolute atomic E-state index is 11.9. The molecule has 0 amide bonds. The third-order valence-corrected chi connectivity index (χ3v) is 3.82. The highest BCUT2D eigenvalue weighted by molar-refractivity contribution is 5.81. The van der Waals surface area contributed by atoms with Crippen molar-refractivity contribution in [3.8, 4) is 0 Å². The molecule has 0 heterocycles. The number of fused-ring (bicyclic) bond motifs is 1. The summed E-state index contributed by atoms with van der Waals surface area (Å²) in [7, 11) is 0. The lowest BCUT2D eigenvalue weighted by Crippen LogP contribution is -2.16. The SMILES string of the molecule is CC(C)(C)CCC(=O)C1CC2CC2C1. The largest absolute Gasteiger partial charge is 0.299 e. The maximum atomic E-state index is 11.9. The van der Waals surface area contributed by atoms with Crippen LogP contribution in [0.4, 0.5) is 0 Å². The van der Waals surface area contributed by atoms with E-state index < -0.39 is 0 Å². The lowest BCUT2D eigenvalue weighted by molar-refractivity contribution is -0.123. The van der Waals surface area contributed by atoms with Crippen molar-refractivity contribution in [3.05, 3.63) is 0 Å². The van der Waals surface area contributed by atoms with Crippen molar-refractivity contribution in [1.82, 2.24) is 0 Å². The van der Waals surface area contributed by atoms with E-state index in [2.05, 4.69) is 20.8 Å². The Morgan fingerprint density at radius 1 is 1.14 bits per heavy atom. The van der Waals surface area contributed by atoms with E-state index in [1.807, 2.05) is 0 Å². The minimum absolute atomic E-state index is 0.317. The van der Waals surface area contributed by atoms with Crippen molar-refractivity contribution in [3.63, 3.8) is 0 Å². The standard InChI is InChI=1S/C13H22O/c1-13(2,3)5-4-12(14)11-7-9-6-10(9)8-11/h9-11H,4-8H2,1-3H3. The molecule has 80 valence electrons. The average Bonchev–Trinajstić information content (AvgIpc) is 2.68. The smallest absolute Gasteiger partial charge is 0.136 e. The minimum Gasteiger partial charge on any atom is -0.299 e. The van der Waals surface area contributed by atoms with Crippen LogP contribution in [0.3, 0.4) is 0 Å². The fraction of sp³-hybridized carbons (Fsp3) is 0.923. The van der Waals surface area contributed by atoms with E-state index >= 15 is 0 Å². The molecule has 0 saturated heterocycles. The second-order valence-corrected chi connectivity index (χ2v) is 6.45. The molecule has 1 nitrogen and oxygen atoms in total. The molecule has 2 saturated carbocycles. The van der Waals surface area contributed by atoms with Crippen molar-refractivity contribution in [2.75, 3.05) is 0 Å². The van der Waals surface area contributed by atoms with Gasteiger partial charge in [-0.2, -0.15) is 0 Å². The van der Waals surface area contributed by atoms with Gasteiger partial charge in [0.1, 0.15) is 5.78 Å². The van der Waals surface area contributed by atoms with Gasteiger partial charge in [-0.15, -0.1) is 0 Å². The monoisotopic (exact) mass is 194 g/mol. The maximum Gasteiger partial charge on any atom is 0.136 e. The Labute approximate surface area is 87.3 Å². The number of ketones is 1. The van der Waals surface area contributed by atoms with Crippen molar-refractivity contribution >= 4 is 5.78 Å². The number of carbonyl (C=O) groups is 1. The molecule has 0 aromatic carbocycles. The predicted octanol–water partition coefficient (Wildman–Crippen LogP) is 3.43. The third kappa shape index (κ3) is 2.37. The van der Waals surface area contributed by atoms with E-state index in [1.54, 1.807) is 0 Å². The van der Waals surface area contributed by atoms with E-state index in [1.165, 1.54) is 19.3 Å². The quantitative estimate of drug-likeness (QED) is 0.672. The van der Waals surface area contributed by atoms with E-state index in [9.17, 15) is 4.79 Å². The summed E-state index contributed by atoms with van der Waals surface area (Å²) < 4.78 is 0. The Kier molecular flexibility index (Phi) is 2.45. The summed E-state index contributed by atoms with van der Waals surface area (Å²) in [5, 5.41) is 0. The van der Waals surface area contributed by atoms with E-state index in [4.69, 9.17) is 0 Å². The molecule has 0 radical (unpaired) electrons. The Balaban J connectivity index is 1.73. The first-order chi connectivity index (χ1) is 6.46. The van der Waals surface area contributed by atoms with Crippen LogP contribution in [-0.4, -0.2) is 5.78 Å². The molecule has 0 aromatic rings. The van der Waals surface area contributed by atoms with Crippen LogP contribution in [0.15, 0.2) is 0 Å². The van der Waals surface area contributed by atoms with Gasteiger partial charge in [-0.05, 0) is 42.9 Å². The summed E-state index contributed by atoms with van der Waals surface area (Å²) in [6, 6.07) is 0. The van der Waals surface area contributed by atoms with Gasteiger partial charge in [-0.3, -0.25) is 4.79 Å². The topological polar surface area (TPSA) is 17.1 Å². The third-order valence-electron chi connectivity index (χ3n) is 3.82. The lowest BCUT2D eigenvalue weighted by Gasteiger charge is -2.18. The molecule has 2 rings (SSSR count). The van der Waals surface area contributed by atoms with Crippen LogP contribution in [0, 0.1) is 23.2 Å². The van der Waals surface area contributed by atoms with Crippen LogP contribution in [-0.2, 0) is 4.79 Å². The Morgan fingerprint density at radius 3 is 2.21 bits per heavy atom. The summed E-state index contributed by atoms with van der Waals surface area (Å²) in [6.07, 6.45) is 5.72. The molecule has 2 atom stereocenters. The van der Waals surface area contributed by atoms with Crippen molar-refractivity contribution in [1.29, 1.82) is 0 Å². The van der Waals surface area contributed by atoms with Crippen molar-refractivity contribution < 1.29 is 4.79 Å². The number of carbonyl (C=O) groups excluding carboxylic acids is 1. The van der Waals surface area contributed by atoms with Crippen molar-refractivity contribution in [2.24, 2.45) is 23.2 Å². The first kappa shape index (κ1) is 10.2. The van der Waals surface area contributed by atoms with Crippen LogP contribution < -0.4 is 0 Å². The molecule has 14 heavy (non-hydrogen) atoms. The highest BCUT2D eigenvalue weighted by Gasteiger charge is 2.47. The number of hydrogen-bond acceptors (Lipinski definition) is 1. The van der Waals surface area contributed by atoms with Crippen LogP contribution in [0.1, 0.15) is 52.9 Å². The molecule has 1 heteroatoms. The lowest BCUT2D eigenvalue weighted by atomic mass is 9.86. The average molecular weight is 194 g/mol. The summed E-state index contributed by atoms with van der Waals surface area (Å²) in [5.41, 5.74) is 0.317. The van der Waals surface area contributed by atoms with Gasteiger partial charge >= 0.3 is 0 Å². The second-order valence-electron chi connectivity index (χ2n) is 6.45. The first-order valence-corrected chi connectivity index (χ1v) is 5.98. The zero-order valence-electron chi connectivity index (χ0n) is 9.68. The predicted molar refractivity (Wildman–Crippen MR) is 58.0 cm³/mol. The number of rotatable bonds is 3. The van der Waals surface area contributed by atoms with Gasteiger partial charge in [-0.25, -0.2) is 0 Å². The summed E-state index contributed by atoms with van der Waals surface area (Å²) in [4.78, 5) is 11.9. The van der Waals surface area contributed by atoms with Gasteiger partial charge in [0.15, 0.2) is 0 Å². The highest BCUT2D eigenvalue weighted by Crippen LogP contribution is 2.54.